The number of rotatable bonds is 8. The summed E-state index contributed by atoms with van der Waals surface area (Å²) in [5.74, 6) is -1.84. The van der Waals surface area contributed by atoms with Gasteiger partial charge in [-0.05, 0) is 65.1 Å². The molecule has 1 heterocycles. The maximum Gasteiger partial charge on any atom is 0.416 e. The Balaban J connectivity index is 1.38. The van der Waals surface area contributed by atoms with Crippen LogP contribution in [-0.4, -0.2) is 20.6 Å². The quantitative estimate of drug-likeness (QED) is 0.195. The van der Waals surface area contributed by atoms with E-state index in [0.29, 0.717) is 42.0 Å². The molecule has 0 radical (unpaired) electrons. The van der Waals surface area contributed by atoms with Gasteiger partial charge in [-0.25, -0.2) is 18.6 Å². The molecular formula is C32H23F5N2O2. The van der Waals surface area contributed by atoms with Gasteiger partial charge in [-0.1, -0.05) is 48.5 Å². The molecule has 0 saturated heterocycles. The van der Waals surface area contributed by atoms with Crippen LogP contribution in [0, 0.1) is 11.6 Å². The van der Waals surface area contributed by atoms with Crippen molar-refractivity contribution in [3.05, 3.63) is 137 Å². The number of halogens is 5. The summed E-state index contributed by atoms with van der Waals surface area (Å²) in [4.78, 5) is 15.8. The molecule has 4 nitrogen and oxygen atoms in total. The average Bonchev–Trinajstić information content (AvgIpc) is 3.34. The standard InChI is InChI=1S/C32H23F5N2O2/c33-26-13-14-27(28(34)17-26)29-19-39(18-21-6-11-23(12-7-21)31(40)41)30(38-29)15-8-20-4-9-22(10-5-20)24-2-1-3-25(16-24)32(35,36)37/h1-7,9-14,16-17,19H,8,15,18H2,(H,40,41). The summed E-state index contributed by atoms with van der Waals surface area (Å²) in [6, 6.07) is 22.0. The molecule has 1 aromatic heterocycles. The van der Waals surface area contributed by atoms with Crippen molar-refractivity contribution in [3.8, 4) is 22.4 Å². The predicted octanol–water partition coefficient (Wildman–Crippen LogP) is 8.05. The Bertz CT molecular complexity index is 1690. The van der Waals surface area contributed by atoms with Crippen molar-refractivity contribution in [2.45, 2.75) is 25.6 Å². The number of benzene rings is 4. The van der Waals surface area contributed by atoms with Gasteiger partial charge in [0, 0.05) is 30.8 Å². The fourth-order valence-electron chi connectivity index (χ4n) is 4.56. The van der Waals surface area contributed by atoms with E-state index >= 15 is 0 Å². The molecule has 0 atom stereocenters. The zero-order valence-electron chi connectivity index (χ0n) is 21.5. The van der Waals surface area contributed by atoms with E-state index in [4.69, 9.17) is 5.11 Å². The number of carbonyl (C=O) groups is 1. The van der Waals surface area contributed by atoms with Gasteiger partial charge in [0.1, 0.15) is 17.5 Å². The number of hydrogen-bond donors (Lipinski definition) is 1. The minimum Gasteiger partial charge on any atom is -0.478 e. The zero-order chi connectivity index (χ0) is 29.1. The van der Waals surface area contributed by atoms with Crippen LogP contribution in [-0.2, 0) is 25.6 Å². The third kappa shape index (κ3) is 6.51. The van der Waals surface area contributed by atoms with Crippen LogP contribution in [0.1, 0.15) is 32.9 Å². The van der Waals surface area contributed by atoms with Crippen LogP contribution in [0.15, 0.2) is 97.2 Å². The molecule has 0 spiro atoms. The van der Waals surface area contributed by atoms with Crippen LogP contribution in [0.4, 0.5) is 22.0 Å². The van der Waals surface area contributed by atoms with Crippen molar-refractivity contribution in [2.75, 3.05) is 0 Å². The number of hydrogen-bond acceptors (Lipinski definition) is 2. The minimum atomic E-state index is -4.42. The second-order valence-electron chi connectivity index (χ2n) is 9.57. The van der Waals surface area contributed by atoms with Crippen LogP contribution >= 0.6 is 0 Å². The Hall–Kier alpha value is -4.79. The Morgan fingerprint density at radius 3 is 2.17 bits per heavy atom. The number of nitrogens with zero attached hydrogens (tertiary/aromatic N) is 2. The van der Waals surface area contributed by atoms with Gasteiger partial charge in [0.25, 0.3) is 0 Å². The van der Waals surface area contributed by atoms with Gasteiger partial charge in [0.2, 0.25) is 0 Å². The fourth-order valence-corrected chi connectivity index (χ4v) is 4.56. The zero-order valence-corrected chi connectivity index (χ0v) is 21.5. The van der Waals surface area contributed by atoms with Gasteiger partial charge in [-0.3, -0.25) is 0 Å². The van der Waals surface area contributed by atoms with E-state index in [1.165, 1.54) is 24.3 Å². The predicted molar refractivity (Wildman–Crippen MR) is 144 cm³/mol. The summed E-state index contributed by atoms with van der Waals surface area (Å²) in [5.41, 5.74) is 2.78. The highest BCUT2D eigenvalue weighted by Crippen LogP contribution is 2.32. The molecule has 0 unspecified atom stereocenters. The van der Waals surface area contributed by atoms with Crippen molar-refractivity contribution in [2.24, 2.45) is 0 Å². The second-order valence-corrected chi connectivity index (χ2v) is 9.57. The normalized spacial score (nSPS) is 11.5. The molecule has 9 heteroatoms. The van der Waals surface area contributed by atoms with Gasteiger partial charge in [-0.15, -0.1) is 0 Å². The van der Waals surface area contributed by atoms with E-state index < -0.39 is 29.3 Å². The summed E-state index contributed by atoms with van der Waals surface area (Å²) in [6.45, 7) is 0.347. The molecule has 1 N–H and O–H groups in total. The van der Waals surface area contributed by atoms with Crippen molar-refractivity contribution in [1.29, 1.82) is 0 Å². The van der Waals surface area contributed by atoms with Gasteiger partial charge < -0.3 is 9.67 Å². The van der Waals surface area contributed by atoms with E-state index in [2.05, 4.69) is 4.98 Å². The molecule has 5 rings (SSSR count). The smallest absolute Gasteiger partial charge is 0.416 e. The SMILES string of the molecule is O=C(O)c1ccc(Cn2cc(-c3ccc(F)cc3F)nc2CCc2ccc(-c3cccc(C(F)(F)F)c3)cc2)cc1. The lowest BCUT2D eigenvalue weighted by Gasteiger charge is -2.10. The lowest BCUT2D eigenvalue weighted by atomic mass is 10.0. The van der Waals surface area contributed by atoms with Crippen molar-refractivity contribution >= 4 is 5.97 Å². The highest BCUT2D eigenvalue weighted by atomic mass is 19.4. The molecule has 5 aromatic rings. The topological polar surface area (TPSA) is 55.1 Å². The number of aromatic nitrogens is 2. The highest BCUT2D eigenvalue weighted by molar-refractivity contribution is 5.87. The van der Waals surface area contributed by atoms with Gasteiger partial charge >= 0.3 is 12.1 Å². The Kier molecular flexibility index (Phi) is 7.70. The lowest BCUT2D eigenvalue weighted by molar-refractivity contribution is -0.137. The van der Waals surface area contributed by atoms with Crippen LogP contribution in [0.2, 0.25) is 0 Å². The Labute approximate surface area is 232 Å². The molecule has 0 bridgehead atoms. The monoisotopic (exact) mass is 562 g/mol. The van der Waals surface area contributed by atoms with Gasteiger partial charge in [0.15, 0.2) is 0 Å². The molecule has 0 fully saturated rings. The van der Waals surface area contributed by atoms with Crippen molar-refractivity contribution in [3.63, 3.8) is 0 Å². The molecule has 4 aromatic carbocycles. The minimum absolute atomic E-state index is 0.151. The summed E-state index contributed by atoms with van der Waals surface area (Å²) in [7, 11) is 0. The van der Waals surface area contributed by atoms with Crippen molar-refractivity contribution < 1.29 is 31.9 Å². The first-order valence-corrected chi connectivity index (χ1v) is 12.7. The maximum absolute atomic E-state index is 14.5. The van der Waals surface area contributed by atoms with E-state index in [0.717, 1.165) is 35.4 Å². The summed E-state index contributed by atoms with van der Waals surface area (Å²) < 4.78 is 69.2. The number of aromatic carboxylic acids is 1. The van der Waals surface area contributed by atoms with Gasteiger partial charge in [0.05, 0.1) is 16.8 Å². The average molecular weight is 563 g/mol. The third-order valence-electron chi connectivity index (χ3n) is 6.73. The van der Waals surface area contributed by atoms with Gasteiger partial charge in [-0.2, -0.15) is 13.2 Å². The molecule has 0 aliphatic rings. The van der Waals surface area contributed by atoms with E-state index in [1.54, 1.807) is 36.5 Å². The Morgan fingerprint density at radius 2 is 1.51 bits per heavy atom. The number of carboxylic acid groups (broad SMARTS) is 1. The van der Waals surface area contributed by atoms with E-state index in [1.807, 2.05) is 16.7 Å². The first kappa shape index (κ1) is 27.8. The number of carboxylic acids is 1. The van der Waals surface area contributed by atoms with Crippen LogP contribution in [0.5, 0.6) is 0 Å². The van der Waals surface area contributed by atoms with Crippen LogP contribution in [0.3, 0.4) is 0 Å². The van der Waals surface area contributed by atoms with Crippen LogP contribution < -0.4 is 0 Å². The largest absolute Gasteiger partial charge is 0.478 e. The molecule has 0 aliphatic carbocycles. The first-order chi connectivity index (χ1) is 19.6. The lowest BCUT2D eigenvalue weighted by Crippen LogP contribution is -2.06. The summed E-state index contributed by atoms with van der Waals surface area (Å²) in [5, 5.41) is 9.17. The Morgan fingerprint density at radius 1 is 0.805 bits per heavy atom. The summed E-state index contributed by atoms with van der Waals surface area (Å²) in [6.07, 6.45) is -1.75. The maximum atomic E-state index is 14.5. The van der Waals surface area contributed by atoms with Crippen molar-refractivity contribution in [1.82, 2.24) is 9.55 Å². The number of imidazole rings is 1. The molecule has 0 saturated carbocycles. The highest BCUT2D eigenvalue weighted by Gasteiger charge is 2.30. The number of aryl methyl sites for hydroxylation is 2. The molecule has 0 amide bonds. The third-order valence-corrected chi connectivity index (χ3v) is 6.73. The molecule has 208 valence electrons. The first-order valence-electron chi connectivity index (χ1n) is 12.7. The second kappa shape index (κ2) is 11.4. The fraction of sp³-hybridized carbons (Fsp3) is 0.125. The summed E-state index contributed by atoms with van der Waals surface area (Å²) >= 11 is 0. The molecule has 0 aliphatic heterocycles. The van der Waals surface area contributed by atoms with E-state index in [9.17, 15) is 26.7 Å². The van der Waals surface area contributed by atoms with E-state index in [-0.39, 0.29) is 11.1 Å². The molecular weight excluding hydrogens is 539 g/mol. The number of alkyl halides is 3. The van der Waals surface area contributed by atoms with Crippen LogP contribution in [0.25, 0.3) is 22.4 Å². The molecule has 41 heavy (non-hydrogen) atoms.